The van der Waals surface area contributed by atoms with Gasteiger partial charge in [0.05, 0.1) is 18.1 Å². The molecule has 1 heterocycles. The highest BCUT2D eigenvalue weighted by Gasteiger charge is 2.28. The molecule has 136 valence electrons. The maximum Gasteiger partial charge on any atom is 0.315 e. The monoisotopic (exact) mass is 368 g/mol. The molecule has 4 N–H and O–H groups in total. The standard InChI is InChI=1S/C15H20N4O5S/c1-10(20)17-11-2-4-12(5-3-11)18-14(21)8-16-15(22)19-13-6-7-25(23,24)9-13/h2-5,13H,6-9H2,1H3,(H,17,20)(H,18,21)(H2,16,19,22)/t13-/m0/s1. The highest BCUT2D eigenvalue weighted by molar-refractivity contribution is 7.91. The van der Waals surface area contributed by atoms with Crippen LogP contribution < -0.4 is 21.3 Å². The summed E-state index contributed by atoms with van der Waals surface area (Å²) in [5.41, 5.74) is 1.12. The van der Waals surface area contributed by atoms with E-state index < -0.39 is 27.8 Å². The number of carbonyl (C=O) groups excluding carboxylic acids is 3. The van der Waals surface area contributed by atoms with Gasteiger partial charge in [0, 0.05) is 24.3 Å². The zero-order valence-corrected chi connectivity index (χ0v) is 14.5. The first-order valence-corrected chi connectivity index (χ1v) is 9.48. The van der Waals surface area contributed by atoms with E-state index >= 15 is 0 Å². The van der Waals surface area contributed by atoms with Gasteiger partial charge in [0.25, 0.3) is 0 Å². The number of benzene rings is 1. The Bertz CT molecular complexity index is 761. The summed E-state index contributed by atoms with van der Waals surface area (Å²) in [4.78, 5) is 34.4. The van der Waals surface area contributed by atoms with Gasteiger partial charge in [0.1, 0.15) is 0 Å². The zero-order valence-electron chi connectivity index (χ0n) is 13.7. The van der Waals surface area contributed by atoms with Crippen molar-refractivity contribution in [2.24, 2.45) is 0 Å². The first-order chi connectivity index (χ1) is 11.7. The van der Waals surface area contributed by atoms with Crippen LogP contribution in [0.2, 0.25) is 0 Å². The normalized spacial score (nSPS) is 18.2. The summed E-state index contributed by atoms with van der Waals surface area (Å²) < 4.78 is 22.6. The molecule has 10 heteroatoms. The van der Waals surface area contributed by atoms with Crippen LogP contribution in [0.25, 0.3) is 0 Å². The first-order valence-electron chi connectivity index (χ1n) is 7.66. The maximum atomic E-state index is 11.8. The summed E-state index contributed by atoms with van der Waals surface area (Å²) in [6.07, 6.45) is 0.378. The summed E-state index contributed by atoms with van der Waals surface area (Å²) in [6, 6.07) is 5.50. The van der Waals surface area contributed by atoms with Crippen molar-refractivity contribution in [1.82, 2.24) is 10.6 Å². The molecule has 1 aliphatic heterocycles. The molecule has 0 aromatic heterocycles. The van der Waals surface area contributed by atoms with Gasteiger partial charge in [0.2, 0.25) is 11.8 Å². The average molecular weight is 368 g/mol. The van der Waals surface area contributed by atoms with Crippen molar-refractivity contribution in [1.29, 1.82) is 0 Å². The van der Waals surface area contributed by atoms with Crippen molar-refractivity contribution in [3.8, 4) is 0 Å². The summed E-state index contributed by atoms with van der Waals surface area (Å²) in [5, 5.41) is 10.1. The number of sulfone groups is 1. The Morgan fingerprint density at radius 2 is 1.68 bits per heavy atom. The molecule has 0 radical (unpaired) electrons. The molecule has 1 saturated heterocycles. The van der Waals surface area contributed by atoms with Gasteiger partial charge in [0.15, 0.2) is 9.84 Å². The van der Waals surface area contributed by atoms with Gasteiger partial charge in [-0.3, -0.25) is 9.59 Å². The van der Waals surface area contributed by atoms with E-state index in [1.807, 2.05) is 0 Å². The highest BCUT2D eigenvalue weighted by Crippen LogP contribution is 2.13. The maximum absolute atomic E-state index is 11.8. The lowest BCUT2D eigenvalue weighted by molar-refractivity contribution is -0.115. The minimum Gasteiger partial charge on any atom is -0.334 e. The van der Waals surface area contributed by atoms with Gasteiger partial charge in [-0.15, -0.1) is 0 Å². The Morgan fingerprint density at radius 1 is 1.08 bits per heavy atom. The van der Waals surface area contributed by atoms with E-state index in [4.69, 9.17) is 0 Å². The van der Waals surface area contributed by atoms with E-state index in [1.54, 1.807) is 24.3 Å². The fourth-order valence-electron chi connectivity index (χ4n) is 2.35. The van der Waals surface area contributed by atoms with E-state index in [0.29, 0.717) is 17.8 Å². The van der Waals surface area contributed by atoms with Crippen molar-refractivity contribution in [3.63, 3.8) is 0 Å². The minimum atomic E-state index is -3.07. The van der Waals surface area contributed by atoms with Gasteiger partial charge >= 0.3 is 6.03 Å². The molecule has 0 bridgehead atoms. The summed E-state index contributed by atoms with van der Waals surface area (Å²) >= 11 is 0. The number of hydrogen-bond donors (Lipinski definition) is 4. The van der Waals surface area contributed by atoms with Gasteiger partial charge in [-0.05, 0) is 30.7 Å². The smallest absolute Gasteiger partial charge is 0.315 e. The Kier molecular flexibility index (Phi) is 5.97. The molecule has 0 spiro atoms. The summed E-state index contributed by atoms with van der Waals surface area (Å²) in [5.74, 6) is -0.635. The summed E-state index contributed by atoms with van der Waals surface area (Å²) in [6.45, 7) is 1.14. The first kappa shape index (κ1) is 18.7. The van der Waals surface area contributed by atoms with Crippen LogP contribution in [0.15, 0.2) is 24.3 Å². The number of anilines is 2. The average Bonchev–Trinajstić information content (AvgIpc) is 2.85. The number of carbonyl (C=O) groups is 3. The predicted octanol–water partition coefficient (Wildman–Crippen LogP) is 0.0698. The third-order valence-corrected chi connectivity index (χ3v) is 5.23. The lowest BCUT2D eigenvalue weighted by Crippen LogP contribution is -2.45. The lowest BCUT2D eigenvalue weighted by Gasteiger charge is -2.12. The number of urea groups is 1. The predicted molar refractivity (Wildman–Crippen MR) is 93.0 cm³/mol. The molecule has 1 aliphatic rings. The molecule has 25 heavy (non-hydrogen) atoms. The topological polar surface area (TPSA) is 133 Å². The van der Waals surface area contributed by atoms with Crippen LogP contribution in [0.1, 0.15) is 13.3 Å². The number of hydrogen-bond acceptors (Lipinski definition) is 5. The van der Waals surface area contributed by atoms with E-state index in [9.17, 15) is 22.8 Å². The van der Waals surface area contributed by atoms with Crippen LogP contribution >= 0.6 is 0 Å². The molecule has 1 atom stereocenters. The van der Waals surface area contributed by atoms with E-state index in [0.717, 1.165) is 0 Å². The molecular formula is C15H20N4O5S. The van der Waals surface area contributed by atoms with Crippen LogP contribution in [-0.2, 0) is 19.4 Å². The van der Waals surface area contributed by atoms with Crippen molar-refractivity contribution >= 4 is 39.1 Å². The van der Waals surface area contributed by atoms with Gasteiger partial charge in [-0.25, -0.2) is 13.2 Å². The van der Waals surface area contributed by atoms with Crippen molar-refractivity contribution < 1.29 is 22.8 Å². The summed E-state index contributed by atoms with van der Waals surface area (Å²) in [7, 11) is -3.07. The Labute approximate surface area is 145 Å². The molecule has 1 aromatic rings. The number of nitrogens with one attached hydrogen (secondary N) is 4. The second-order valence-electron chi connectivity index (χ2n) is 5.73. The zero-order chi connectivity index (χ0) is 18.4. The fourth-order valence-corrected chi connectivity index (χ4v) is 4.02. The molecule has 0 unspecified atom stereocenters. The second kappa shape index (κ2) is 7.97. The Morgan fingerprint density at radius 3 is 2.20 bits per heavy atom. The van der Waals surface area contributed by atoms with Gasteiger partial charge < -0.3 is 21.3 Å². The number of amides is 4. The van der Waals surface area contributed by atoms with E-state index in [2.05, 4.69) is 21.3 Å². The van der Waals surface area contributed by atoms with Crippen LogP contribution in [0, 0.1) is 0 Å². The van der Waals surface area contributed by atoms with Crippen LogP contribution in [0.4, 0.5) is 16.2 Å². The Hall–Kier alpha value is -2.62. The highest BCUT2D eigenvalue weighted by atomic mass is 32.2. The molecule has 0 aliphatic carbocycles. The molecule has 0 saturated carbocycles. The molecule has 4 amide bonds. The van der Waals surface area contributed by atoms with Crippen LogP contribution in [0.5, 0.6) is 0 Å². The van der Waals surface area contributed by atoms with Gasteiger partial charge in [-0.1, -0.05) is 0 Å². The minimum absolute atomic E-state index is 0.0624. The van der Waals surface area contributed by atoms with Crippen molar-refractivity contribution in [2.45, 2.75) is 19.4 Å². The van der Waals surface area contributed by atoms with Crippen LogP contribution in [0.3, 0.4) is 0 Å². The van der Waals surface area contributed by atoms with Crippen molar-refractivity contribution in [3.05, 3.63) is 24.3 Å². The third kappa shape index (κ3) is 6.42. The third-order valence-electron chi connectivity index (χ3n) is 3.47. The quantitative estimate of drug-likeness (QED) is 0.584. The van der Waals surface area contributed by atoms with E-state index in [-0.39, 0.29) is 24.0 Å². The SMILES string of the molecule is CC(=O)Nc1ccc(NC(=O)CNC(=O)N[C@H]2CCS(=O)(=O)C2)cc1. The molecular weight excluding hydrogens is 348 g/mol. The molecule has 9 nitrogen and oxygen atoms in total. The van der Waals surface area contributed by atoms with Crippen molar-refractivity contribution in [2.75, 3.05) is 28.7 Å². The number of rotatable bonds is 5. The fraction of sp³-hybridized carbons (Fsp3) is 0.400. The van der Waals surface area contributed by atoms with Crippen LogP contribution in [-0.4, -0.2) is 50.4 Å². The molecule has 1 fully saturated rings. The Balaban J connectivity index is 1.73. The lowest BCUT2D eigenvalue weighted by atomic mass is 10.2. The molecule has 2 rings (SSSR count). The largest absolute Gasteiger partial charge is 0.334 e. The van der Waals surface area contributed by atoms with E-state index in [1.165, 1.54) is 6.92 Å². The van der Waals surface area contributed by atoms with Gasteiger partial charge in [-0.2, -0.15) is 0 Å². The second-order valence-corrected chi connectivity index (χ2v) is 7.96. The molecule has 1 aromatic carbocycles.